The van der Waals surface area contributed by atoms with Gasteiger partial charge >= 0.3 is 6.01 Å². The number of phenolic OH excluding ortho intramolecular Hbond substituents is 1. The van der Waals surface area contributed by atoms with Crippen LogP contribution >= 0.6 is 0 Å². The number of rotatable bonds is 6. The van der Waals surface area contributed by atoms with Crippen LogP contribution in [0.1, 0.15) is 37.7 Å². The van der Waals surface area contributed by atoms with Gasteiger partial charge in [0.1, 0.15) is 29.4 Å². The molecule has 0 amide bonds. The third-order valence-corrected chi connectivity index (χ3v) is 9.53. The summed E-state index contributed by atoms with van der Waals surface area (Å²) in [6, 6.07) is 10.3. The molecule has 3 aliphatic rings. The number of aromatic nitrogens is 3. The fourth-order valence-corrected chi connectivity index (χ4v) is 7.35. The van der Waals surface area contributed by atoms with Gasteiger partial charge < -0.3 is 19.6 Å². The second kappa shape index (κ2) is 11.4. The van der Waals surface area contributed by atoms with Gasteiger partial charge in [-0.15, -0.1) is 6.42 Å². The Bertz CT molecular complexity index is 1930. The summed E-state index contributed by atoms with van der Waals surface area (Å²) in [5.41, 5.74) is 0.856. The smallest absolute Gasteiger partial charge is 0.319 e. The number of anilines is 1. The molecule has 1 atom stereocenters. The minimum absolute atomic E-state index is 0.00490. The van der Waals surface area contributed by atoms with E-state index in [0.29, 0.717) is 59.3 Å². The third kappa shape index (κ3) is 4.88. The Morgan fingerprint density at radius 1 is 1.11 bits per heavy atom. The molecule has 4 aromatic rings. The third-order valence-electron chi connectivity index (χ3n) is 9.53. The number of nitriles is 2. The molecule has 0 bridgehead atoms. The molecule has 7 rings (SSSR count). The number of fused-ring (bicyclic) bond motifs is 3. The van der Waals surface area contributed by atoms with Crippen molar-refractivity contribution in [2.45, 2.75) is 43.7 Å². The molecule has 45 heavy (non-hydrogen) atoms. The summed E-state index contributed by atoms with van der Waals surface area (Å²) in [5, 5.41) is 31.2. The second-order valence-corrected chi connectivity index (χ2v) is 12.0. The first-order chi connectivity index (χ1) is 21.9. The highest BCUT2D eigenvalue weighted by atomic mass is 19.1. The van der Waals surface area contributed by atoms with Crippen molar-refractivity contribution >= 4 is 27.5 Å². The van der Waals surface area contributed by atoms with Crippen LogP contribution in [0, 0.1) is 40.9 Å². The highest BCUT2D eigenvalue weighted by molar-refractivity contribution is 6.02. The molecule has 2 aromatic carbocycles. The average molecular weight is 603 g/mol. The first-order valence-electron chi connectivity index (χ1n) is 15.2. The highest BCUT2D eigenvalue weighted by Crippen LogP contribution is 2.41. The van der Waals surface area contributed by atoms with Gasteiger partial charge in [-0.2, -0.15) is 20.5 Å². The Hall–Kier alpha value is -5.18. The highest BCUT2D eigenvalue weighted by Gasteiger charge is 2.45. The van der Waals surface area contributed by atoms with E-state index in [4.69, 9.17) is 16.1 Å². The predicted octanol–water partition coefficient (Wildman–Crippen LogP) is 4.56. The van der Waals surface area contributed by atoms with E-state index < -0.39 is 5.82 Å². The Labute approximate surface area is 260 Å². The maximum Gasteiger partial charge on any atom is 0.319 e. The first-order valence-corrected chi connectivity index (χ1v) is 15.2. The summed E-state index contributed by atoms with van der Waals surface area (Å²) in [6.07, 6.45) is 14.0. The van der Waals surface area contributed by atoms with Crippen LogP contribution in [-0.4, -0.2) is 80.8 Å². The first kappa shape index (κ1) is 28.6. The largest absolute Gasteiger partial charge is 0.508 e. The average Bonchev–Trinajstić information content (AvgIpc) is 3.64. The van der Waals surface area contributed by atoms with E-state index in [0.717, 1.165) is 38.8 Å². The number of halogens is 1. The molecule has 10 nitrogen and oxygen atoms in total. The molecule has 3 fully saturated rings. The molecule has 11 heteroatoms. The van der Waals surface area contributed by atoms with E-state index in [2.05, 4.69) is 33.1 Å². The van der Waals surface area contributed by atoms with Crippen LogP contribution in [0.15, 0.2) is 36.5 Å². The van der Waals surface area contributed by atoms with Gasteiger partial charge in [0.05, 0.1) is 29.5 Å². The van der Waals surface area contributed by atoms with Crippen molar-refractivity contribution < 1.29 is 14.2 Å². The number of aromatic hydroxyl groups is 1. The summed E-state index contributed by atoms with van der Waals surface area (Å²) in [5.74, 6) is 2.36. The number of hydrogen-bond donors (Lipinski definition) is 1. The van der Waals surface area contributed by atoms with Crippen LogP contribution in [0.5, 0.6) is 11.8 Å². The second-order valence-electron chi connectivity index (χ2n) is 12.0. The van der Waals surface area contributed by atoms with E-state index in [-0.39, 0.29) is 41.0 Å². The lowest BCUT2D eigenvalue weighted by Gasteiger charge is -2.38. The minimum atomic E-state index is -0.689. The van der Waals surface area contributed by atoms with Crippen molar-refractivity contribution in [3.8, 4) is 47.6 Å². The van der Waals surface area contributed by atoms with Crippen molar-refractivity contribution in [1.29, 1.82) is 10.5 Å². The van der Waals surface area contributed by atoms with E-state index in [1.54, 1.807) is 29.2 Å². The summed E-state index contributed by atoms with van der Waals surface area (Å²) in [4.78, 5) is 20.0. The molecule has 3 aliphatic heterocycles. The SMILES string of the molecule is C#Cc1cccc2cc(O)cc(-c3ncc4c(N5CCN(C#N)[C@@H](CC#N)C5)nc(OCC56CCCN5CCC6)nc4c3F)c12. The van der Waals surface area contributed by atoms with Gasteiger partial charge in [0.2, 0.25) is 0 Å². The van der Waals surface area contributed by atoms with Gasteiger partial charge in [0, 0.05) is 42.3 Å². The number of phenols is 1. The number of piperazine rings is 1. The fourth-order valence-electron chi connectivity index (χ4n) is 7.35. The summed E-state index contributed by atoms with van der Waals surface area (Å²) in [6.45, 7) is 3.65. The molecule has 3 saturated heterocycles. The van der Waals surface area contributed by atoms with E-state index >= 15 is 4.39 Å². The number of hydrogen-bond acceptors (Lipinski definition) is 10. The Kier molecular flexibility index (Phi) is 7.23. The lowest BCUT2D eigenvalue weighted by Crippen LogP contribution is -2.51. The van der Waals surface area contributed by atoms with Gasteiger partial charge in [-0.3, -0.25) is 9.88 Å². The standard InChI is InChI=1S/C34H31FN8O2/c1-2-22-6-3-7-23-16-25(44)17-26(28(22)23)30-29(35)31-27(18-38-30)32(41-14-15-42(21-37)24(19-41)8-11-36)40-33(39-31)45-20-34-9-4-12-43(34)13-5-10-34/h1,3,6-7,16-18,24,44H,4-5,8-10,12-15,19-20H2/t24-/m0/s1. The number of ether oxygens (including phenoxy) is 1. The van der Waals surface area contributed by atoms with Crippen LogP contribution in [0.25, 0.3) is 32.9 Å². The topological polar surface area (TPSA) is 125 Å². The molecule has 1 N–H and O–H groups in total. The molecule has 0 aliphatic carbocycles. The summed E-state index contributed by atoms with van der Waals surface area (Å²) < 4.78 is 23.1. The number of nitrogens with zero attached hydrogens (tertiary/aromatic N) is 8. The molecule has 0 saturated carbocycles. The Balaban J connectivity index is 1.37. The van der Waals surface area contributed by atoms with Crippen molar-refractivity contribution in [1.82, 2.24) is 24.8 Å². The molecular formula is C34H31FN8O2. The molecule has 2 aromatic heterocycles. The zero-order valence-corrected chi connectivity index (χ0v) is 24.7. The van der Waals surface area contributed by atoms with Crippen molar-refractivity contribution in [3.05, 3.63) is 47.9 Å². The van der Waals surface area contributed by atoms with Crippen LogP contribution in [0.4, 0.5) is 10.2 Å². The molecule has 0 radical (unpaired) electrons. The molecular weight excluding hydrogens is 571 g/mol. The quantitative estimate of drug-likeness (QED) is 0.248. The molecule has 226 valence electrons. The van der Waals surface area contributed by atoms with Gasteiger partial charge in [0.25, 0.3) is 0 Å². The Morgan fingerprint density at radius 2 is 1.93 bits per heavy atom. The van der Waals surface area contributed by atoms with Gasteiger partial charge in [-0.25, -0.2) is 4.39 Å². The van der Waals surface area contributed by atoms with Crippen LogP contribution in [0.2, 0.25) is 0 Å². The summed E-state index contributed by atoms with van der Waals surface area (Å²) >= 11 is 0. The molecule has 5 heterocycles. The molecule has 0 spiro atoms. The number of terminal acetylenes is 1. The normalized spacial score (nSPS) is 19.3. The molecule has 0 unspecified atom stereocenters. The van der Waals surface area contributed by atoms with Gasteiger partial charge in [-0.1, -0.05) is 18.1 Å². The number of benzene rings is 2. The predicted molar refractivity (Wildman–Crippen MR) is 167 cm³/mol. The van der Waals surface area contributed by atoms with E-state index in [1.165, 1.54) is 12.3 Å². The monoisotopic (exact) mass is 602 g/mol. The lowest BCUT2D eigenvalue weighted by molar-refractivity contribution is 0.108. The van der Waals surface area contributed by atoms with Crippen molar-refractivity contribution in [3.63, 3.8) is 0 Å². The van der Waals surface area contributed by atoms with Crippen LogP contribution < -0.4 is 9.64 Å². The Morgan fingerprint density at radius 3 is 2.69 bits per heavy atom. The van der Waals surface area contributed by atoms with Gasteiger partial charge in [-0.05, 0) is 62.4 Å². The zero-order chi connectivity index (χ0) is 31.1. The van der Waals surface area contributed by atoms with E-state index in [1.807, 2.05) is 4.90 Å². The fraction of sp³-hybridized carbons (Fsp3) is 0.382. The van der Waals surface area contributed by atoms with E-state index in [9.17, 15) is 15.6 Å². The van der Waals surface area contributed by atoms with Crippen LogP contribution in [0.3, 0.4) is 0 Å². The summed E-state index contributed by atoms with van der Waals surface area (Å²) in [7, 11) is 0. The van der Waals surface area contributed by atoms with Gasteiger partial charge in [0.15, 0.2) is 12.0 Å². The van der Waals surface area contributed by atoms with Crippen LogP contribution in [-0.2, 0) is 0 Å². The maximum absolute atomic E-state index is 16.8. The zero-order valence-electron chi connectivity index (χ0n) is 24.7. The van der Waals surface area contributed by atoms with Crippen molar-refractivity contribution in [2.75, 3.05) is 44.2 Å². The minimum Gasteiger partial charge on any atom is -0.508 e. The maximum atomic E-state index is 16.8. The lowest BCUT2D eigenvalue weighted by atomic mass is 9.95. The number of pyridine rings is 1. The van der Waals surface area contributed by atoms with Crippen molar-refractivity contribution in [2.24, 2.45) is 0 Å².